The molecule has 174 valence electrons. The lowest BCUT2D eigenvalue weighted by molar-refractivity contribution is 0.0474. The Labute approximate surface area is 187 Å². The molecule has 1 aliphatic heterocycles. The predicted octanol–water partition coefficient (Wildman–Crippen LogP) is 3.29. The number of amides is 1. The maximum absolute atomic E-state index is 12.0. The number of piperidine rings is 1. The normalized spacial score (nSPS) is 16.1. The molecule has 0 atom stereocenters. The van der Waals surface area contributed by atoms with Crippen molar-refractivity contribution in [2.75, 3.05) is 31.6 Å². The number of carbonyl (C=O) groups is 1. The van der Waals surface area contributed by atoms with Crippen molar-refractivity contribution in [3.63, 3.8) is 0 Å². The van der Waals surface area contributed by atoms with Crippen molar-refractivity contribution in [2.24, 2.45) is 10.9 Å². The lowest BCUT2D eigenvalue weighted by Gasteiger charge is -2.31. The van der Waals surface area contributed by atoms with Gasteiger partial charge in [0, 0.05) is 39.4 Å². The fourth-order valence-electron chi connectivity index (χ4n) is 3.28. The molecule has 2 heterocycles. The van der Waals surface area contributed by atoms with Crippen LogP contribution in [0.3, 0.4) is 0 Å². The number of alkyl carbamates (subject to hydrolysis) is 1. The molecule has 0 aliphatic carbocycles. The smallest absolute Gasteiger partial charge is 0.408 e. The van der Waals surface area contributed by atoms with Crippen molar-refractivity contribution in [2.45, 2.75) is 72.1 Å². The van der Waals surface area contributed by atoms with Crippen LogP contribution in [0.4, 0.5) is 10.6 Å². The number of hydrogen-bond acceptors (Lipinski definition) is 5. The third kappa shape index (κ3) is 9.02. The Hall–Kier alpha value is -2.51. The van der Waals surface area contributed by atoms with E-state index in [1.807, 2.05) is 40.8 Å². The summed E-state index contributed by atoms with van der Waals surface area (Å²) in [5.41, 5.74) is 0.0549. The van der Waals surface area contributed by atoms with E-state index in [1.54, 1.807) is 7.05 Å². The molecule has 8 nitrogen and oxygen atoms in total. The van der Waals surface area contributed by atoms with Crippen molar-refractivity contribution in [3.05, 3.63) is 23.9 Å². The Kier molecular flexibility index (Phi) is 8.53. The SMILES string of the molecule is CN=C(NCc1ccc(N2CCC(C)CC2)nc1)NCC(C)(C)NC(=O)OC(C)(C)C. The maximum Gasteiger partial charge on any atom is 0.408 e. The number of guanidine groups is 1. The third-order valence-corrected chi connectivity index (χ3v) is 5.14. The van der Waals surface area contributed by atoms with Crippen LogP contribution in [0.25, 0.3) is 0 Å². The number of aromatic nitrogens is 1. The second-order valence-corrected chi connectivity index (χ2v) is 9.98. The van der Waals surface area contributed by atoms with Gasteiger partial charge < -0.3 is 25.6 Å². The van der Waals surface area contributed by atoms with Gasteiger partial charge in [0.05, 0.1) is 5.54 Å². The molecule has 3 N–H and O–H groups in total. The number of carbonyl (C=O) groups excluding carboxylic acids is 1. The molecule has 0 unspecified atom stereocenters. The largest absolute Gasteiger partial charge is 0.444 e. The minimum absolute atomic E-state index is 0.434. The van der Waals surface area contributed by atoms with Gasteiger partial charge in [-0.05, 0) is 65.0 Å². The van der Waals surface area contributed by atoms with Crippen LogP contribution in [-0.2, 0) is 11.3 Å². The van der Waals surface area contributed by atoms with Gasteiger partial charge in [-0.15, -0.1) is 0 Å². The number of nitrogens with one attached hydrogen (secondary N) is 3. The van der Waals surface area contributed by atoms with E-state index < -0.39 is 17.2 Å². The minimum atomic E-state index is -0.527. The Bertz CT molecular complexity index is 731. The topological polar surface area (TPSA) is 90.9 Å². The summed E-state index contributed by atoms with van der Waals surface area (Å²) in [5, 5.41) is 9.44. The first-order chi connectivity index (χ1) is 14.5. The number of aliphatic imine (C=N–C) groups is 1. The highest BCUT2D eigenvalue weighted by Crippen LogP contribution is 2.21. The van der Waals surface area contributed by atoms with Gasteiger partial charge in [-0.2, -0.15) is 0 Å². The maximum atomic E-state index is 12.0. The van der Waals surface area contributed by atoms with E-state index in [4.69, 9.17) is 4.74 Å². The first kappa shape index (κ1) is 24.8. The molecule has 0 aromatic carbocycles. The first-order valence-corrected chi connectivity index (χ1v) is 11.1. The Balaban J connectivity index is 1.79. The van der Waals surface area contributed by atoms with E-state index in [0.717, 1.165) is 30.4 Å². The van der Waals surface area contributed by atoms with Crippen molar-refractivity contribution < 1.29 is 9.53 Å². The average molecular weight is 433 g/mol. The standard InChI is InChI=1S/C23H40N6O2/c1-17-10-12-29(13-11-17)19-9-8-18(14-25-19)15-26-20(24-7)27-16-23(5,6)28-21(30)31-22(2,3)4/h8-9,14,17H,10-13,15-16H2,1-7H3,(H,28,30)(H2,24,26,27). The zero-order valence-electron chi connectivity index (χ0n) is 20.2. The molecule has 0 spiro atoms. The lowest BCUT2D eigenvalue weighted by Crippen LogP contribution is -2.54. The summed E-state index contributed by atoms with van der Waals surface area (Å²) in [6, 6.07) is 4.20. The van der Waals surface area contributed by atoms with Crippen molar-refractivity contribution in [1.29, 1.82) is 0 Å². The predicted molar refractivity (Wildman–Crippen MR) is 126 cm³/mol. The highest BCUT2D eigenvalue weighted by atomic mass is 16.6. The van der Waals surface area contributed by atoms with Gasteiger partial charge in [0.25, 0.3) is 0 Å². The summed E-state index contributed by atoms with van der Waals surface area (Å²) < 4.78 is 5.34. The molecule has 1 aromatic heterocycles. The number of rotatable bonds is 6. The van der Waals surface area contributed by atoms with E-state index in [2.05, 4.69) is 49.9 Å². The summed E-state index contributed by atoms with van der Waals surface area (Å²) in [7, 11) is 1.72. The van der Waals surface area contributed by atoms with Crippen LogP contribution in [0.2, 0.25) is 0 Å². The van der Waals surface area contributed by atoms with Gasteiger partial charge in [0.1, 0.15) is 11.4 Å². The molecule has 0 bridgehead atoms. The summed E-state index contributed by atoms with van der Waals surface area (Å²) in [4.78, 5) is 23.3. The van der Waals surface area contributed by atoms with Crippen molar-refractivity contribution in [1.82, 2.24) is 20.9 Å². The molecule has 2 rings (SSSR count). The van der Waals surface area contributed by atoms with Crippen molar-refractivity contribution >= 4 is 17.9 Å². The van der Waals surface area contributed by atoms with Crippen LogP contribution in [0, 0.1) is 5.92 Å². The molecule has 0 saturated carbocycles. The summed E-state index contributed by atoms with van der Waals surface area (Å²) in [6.07, 6.45) is 3.94. The van der Waals surface area contributed by atoms with E-state index in [9.17, 15) is 4.79 Å². The van der Waals surface area contributed by atoms with Crippen LogP contribution < -0.4 is 20.9 Å². The zero-order valence-corrected chi connectivity index (χ0v) is 20.2. The molecule has 8 heteroatoms. The monoisotopic (exact) mass is 432 g/mol. The molecule has 1 aromatic rings. The van der Waals surface area contributed by atoms with E-state index in [0.29, 0.717) is 19.0 Å². The third-order valence-electron chi connectivity index (χ3n) is 5.14. The molecular weight excluding hydrogens is 392 g/mol. The Morgan fingerprint density at radius 3 is 2.42 bits per heavy atom. The minimum Gasteiger partial charge on any atom is -0.444 e. The van der Waals surface area contributed by atoms with Crippen LogP contribution in [0.15, 0.2) is 23.3 Å². The molecular formula is C23H40N6O2. The number of hydrogen-bond donors (Lipinski definition) is 3. The fraction of sp³-hybridized carbons (Fsp3) is 0.696. The van der Waals surface area contributed by atoms with Gasteiger partial charge in [-0.3, -0.25) is 4.99 Å². The summed E-state index contributed by atoms with van der Waals surface area (Å²) >= 11 is 0. The summed E-state index contributed by atoms with van der Waals surface area (Å²) in [6.45, 7) is 15.0. The average Bonchev–Trinajstić information content (AvgIpc) is 2.67. The Morgan fingerprint density at radius 1 is 1.19 bits per heavy atom. The zero-order chi connectivity index (χ0) is 23.1. The molecule has 0 radical (unpaired) electrons. The second-order valence-electron chi connectivity index (χ2n) is 9.98. The number of ether oxygens (including phenoxy) is 1. The summed E-state index contributed by atoms with van der Waals surface area (Å²) in [5.74, 6) is 2.52. The van der Waals surface area contributed by atoms with Gasteiger partial charge >= 0.3 is 6.09 Å². The van der Waals surface area contributed by atoms with E-state index >= 15 is 0 Å². The van der Waals surface area contributed by atoms with Crippen LogP contribution in [0.1, 0.15) is 59.9 Å². The molecule has 1 aliphatic rings. The first-order valence-electron chi connectivity index (χ1n) is 11.1. The lowest BCUT2D eigenvalue weighted by atomic mass is 9.99. The van der Waals surface area contributed by atoms with Gasteiger partial charge in [0.15, 0.2) is 5.96 Å². The van der Waals surface area contributed by atoms with Gasteiger partial charge in [0.2, 0.25) is 0 Å². The molecule has 1 amide bonds. The highest BCUT2D eigenvalue weighted by molar-refractivity contribution is 5.79. The molecule has 1 saturated heterocycles. The number of anilines is 1. The van der Waals surface area contributed by atoms with Crippen LogP contribution in [-0.4, -0.2) is 54.9 Å². The van der Waals surface area contributed by atoms with Crippen LogP contribution >= 0.6 is 0 Å². The second kappa shape index (κ2) is 10.7. The van der Waals surface area contributed by atoms with E-state index in [1.165, 1.54) is 12.8 Å². The van der Waals surface area contributed by atoms with Crippen molar-refractivity contribution in [3.8, 4) is 0 Å². The van der Waals surface area contributed by atoms with Gasteiger partial charge in [-0.1, -0.05) is 13.0 Å². The fourth-order valence-corrected chi connectivity index (χ4v) is 3.28. The molecule has 31 heavy (non-hydrogen) atoms. The number of nitrogens with zero attached hydrogens (tertiary/aromatic N) is 3. The molecule has 1 fully saturated rings. The Morgan fingerprint density at radius 2 is 1.87 bits per heavy atom. The van der Waals surface area contributed by atoms with E-state index in [-0.39, 0.29) is 0 Å². The highest BCUT2D eigenvalue weighted by Gasteiger charge is 2.24. The van der Waals surface area contributed by atoms with Gasteiger partial charge in [-0.25, -0.2) is 9.78 Å². The quantitative estimate of drug-likeness (QED) is 0.472. The van der Waals surface area contributed by atoms with Crippen LogP contribution in [0.5, 0.6) is 0 Å². The number of pyridine rings is 1.